The molecule has 1 aromatic carbocycles. The molecule has 5 heteroatoms. The average molecular weight is 398 g/mol. The summed E-state index contributed by atoms with van der Waals surface area (Å²) in [4.78, 5) is 23.0. The molecule has 29 heavy (non-hydrogen) atoms. The van der Waals surface area contributed by atoms with Gasteiger partial charge in [-0.3, -0.25) is 4.79 Å². The molecular weight excluding hydrogens is 368 g/mol. The lowest BCUT2D eigenvalue weighted by atomic mass is 9.75. The monoisotopic (exact) mass is 398 g/mol. The predicted molar refractivity (Wildman–Crippen MR) is 112 cm³/mol. The van der Waals surface area contributed by atoms with Gasteiger partial charge < -0.3 is 14.2 Å². The van der Waals surface area contributed by atoms with Crippen molar-refractivity contribution in [1.82, 2.24) is 0 Å². The van der Waals surface area contributed by atoms with Crippen LogP contribution in [0.4, 0.5) is 0 Å². The highest BCUT2D eigenvalue weighted by molar-refractivity contribution is 5.87. The number of hydrogen-bond donors (Lipinski definition) is 0. The number of rotatable bonds is 7. The molecule has 5 nitrogen and oxygen atoms in total. The highest BCUT2D eigenvalue weighted by Crippen LogP contribution is 2.47. The Kier molecular flexibility index (Phi) is 7.13. The number of benzene rings is 1. The van der Waals surface area contributed by atoms with E-state index < -0.39 is 11.9 Å². The molecule has 0 bridgehead atoms. The van der Waals surface area contributed by atoms with Gasteiger partial charge in [0.05, 0.1) is 6.61 Å². The Hall–Kier alpha value is -2.56. The van der Waals surface area contributed by atoms with Crippen molar-refractivity contribution in [3.05, 3.63) is 41.5 Å². The van der Waals surface area contributed by atoms with Crippen LogP contribution in [-0.4, -0.2) is 25.2 Å². The lowest BCUT2D eigenvalue weighted by Crippen LogP contribution is -2.19. The van der Waals surface area contributed by atoms with Crippen LogP contribution in [-0.2, 0) is 14.3 Å². The summed E-state index contributed by atoms with van der Waals surface area (Å²) in [5.74, 6) is 0.0611. The first-order valence-electron chi connectivity index (χ1n) is 10.5. The van der Waals surface area contributed by atoms with E-state index in [9.17, 15) is 9.59 Å². The van der Waals surface area contributed by atoms with Gasteiger partial charge in [-0.2, -0.15) is 0 Å². The Bertz CT molecular complexity index is 799. The zero-order valence-electron chi connectivity index (χ0n) is 17.4. The molecule has 0 aliphatic heterocycles. The van der Waals surface area contributed by atoms with E-state index in [2.05, 4.69) is 6.08 Å². The first-order valence-corrected chi connectivity index (χ1v) is 10.5. The Morgan fingerprint density at radius 1 is 1.10 bits per heavy atom. The number of allylic oxidation sites excluding steroid dienone is 1. The first-order chi connectivity index (χ1) is 14.0. The summed E-state index contributed by atoms with van der Waals surface area (Å²) in [6, 6.07) is 5.30. The van der Waals surface area contributed by atoms with Gasteiger partial charge in [-0.25, -0.2) is 4.79 Å². The minimum Gasteiger partial charge on any atom is -0.485 e. The molecule has 0 saturated heterocycles. The van der Waals surface area contributed by atoms with Gasteiger partial charge in [0, 0.05) is 13.0 Å². The SMILES string of the molecule is CCOC(=O)/C=C/c1ccc(OCC2=CC3(CCCC3)CCC2)c(OC(C)=O)c1. The molecule has 1 aromatic rings. The molecule has 0 N–H and O–H groups in total. The first kappa shape index (κ1) is 21.2. The maximum absolute atomic E-state index is 11.5. The van der Waals surface area contributed by atoms with Crippen molar-refractivity contribution in [2.24, 2.45) is 5.41 Å². The highest BCUT2D eigenvalue weighted by atomic mass is 16.6. The maximum atomic E-state index is 11.5. The molecule has 0 aromatic heterocycles. The van der Waals surface area contributed by atoms with E-state index in [4.69, 9.17) is 14.2 Å². The third kappa shape index (κ3) is 5.96. The molecule has 1 saturated carbocycles. The third-order valence-corrected chi connectivity index (χ3v) is 5.62. The minimum atomic E-state index is -0.414. The van der Waals surface area contributed by atoms with Crippen molar-refractivity contribution in [2.75, 3.05) is 13.2 Å². The lowest BCUT2D eigenvalue weighted by molar-refractivity contribution is -0.137. The largest absolute Gasteiger partial charge is 0.485 e. The fourth-order valence-corrected chi connectivity index (χ4v) is 4.34. The van der Waals surface area contributed by atoms with Crippen molar-refractivity contribution in [3.63, 3.8) is 0 Å². The van der Waals surface area contributed by atoms with E-state index in [1.807, 2.05) is 6.07 Å². The molecule has 2 aliphatic carbocycles. The van der Waals surface area contributed by atoms with Crippen molar-refractivity contribution in [3.8, 4) is 11.5 Å². The minimum absolute atomic E-state index is 0.325. The van der Waals surface area contributed by atoms with Crippen LogP contribution in [0.5, 0.6) is 11.5 Å². The number of carbonyl (C=O) groups is 2. The van der Waals surface area contributed by atoms with Crippen LogP contribution in [0.25, 0.3) is 6.08 Å². The summed E-state index contributed by atoms with van der Waals surface area (Å²) < 4.78 is 16.3. The number of esters is 2. The normalized spacial score (nSPS) is 17.9. The van der Waals surface area contributed by atoms with Gasteiger partial charge >= 0.3 is 11.9 Å². The van der Waals surface area contributed by atoms with E-state index in [0.29, 0.717) is 30.1 Å². The van der Waals surface area contributed by atoms with E-state index in [0.717, 1.165) is 12.0 Å². The van der Waals surface area contributed by atoms with Gasteiger partial charge in [-0.15, -0.1) is 0 Å². The summed E-state index contributed by atoms with van der Waals surface area (Å²) in [6.45, 7) is 3.95. The van der Waals surface area contributed by atoms with Crippen LogP contribution in [0.2, 0.25) is 0 Å². The second-order valence-electron chi connectivity index (χ2n) is 7.90. The van der Waals surface area contributed by atoms with Crippen LogP contribution in [0.3, 0.4) is 0 Å². The standard InChI is InChI=1S/C24H30O5/c1-3-27-23(26)11-9-19-8-10-21(22(15-19)29-18(2)25)28-17-20-7-6-14-24(16-20)12-4-5-13-24/h8-11,15-16H,3-7,12-14,17H2,1-2H3/b11-9+. The van der Waals surface area contributed by atoms with E-state index in [1.54, 1.807) is 25.1 Å². The topological polar surface area (TPSA) is 61.8 Å². The van der Waals surface area contributed by atoms with Crippen molar-refractivity contribution in [1.29, 1.82) is 0 Å². The second kappa shape index (κ2) is 9.77. The zero-order valence-corrected chi connectivity index (χ0v) is 17.4. The summed E-state index contributed by atoms with van der Waals surface area (Å²) in [6.07, 6.45) is 14.2. The van der Waals surface area contributed by atoms with Crippen LogP contribution >= 0.6 is 0 Å². The van der Waals surface area contributed by atoms with Crippen LogP contribution < -0.4 is 9.47 Å². The highest BCUT2D eigenvalue weighted by Gasteiger charge is 2.33. The predicted octanol–water partition coefficient (Wildman–Crippen LogP) is 5.24. The molecule has 0 unspecified atom stereocenters. The van der Waals surface area contributed by atoms with Gasteiger partial charge in [0.25, 0.3) is 0 Å². The Labute approximate surface area is 172 Å². The van der Waals surface area contributed by atoms with Gasteiger partial charge in [0.1, 0.15) is 6.61 Å². The van der Waals surface area contributed by atoms with Crippen molar-refractivity contribution < 1.29 is 23.8 Å². The number of hydrogen-bond acceptors (Lipinski definition) is 5. The van der Waals surface area contributed by atoms with Crippen LogP contribution in [0.15, 0.2) is 35.9 Å². The van der Waals surface area contributed by atoms with Gasteiger partial charge in [0.2, 0.25) is 0 Å². The van der Waals surface area contributed by atoms with Gasteiger partial charge in [-0.05, 0) is 73.8 Å². The average Bonchev–Trinajstić information content (AvgIpc) is 3.13. The Morgan fingerprint density at radius 3 is 2.59 bits per heavy atom. The smallest absolute Gasteiger partial charge is 0.330 e. The molecule has 0 amide bonds. The molecular formula is C24H30O5. The molecule has 0 heterocycles. The van der Waals surface area contributed by atoms with Crippen LogP contribution in [0.1, 0.15) is 64.4 Å². The quantitative estimate of drug-likeness (QED) is 0.272. The Balaban J connectivity index is 1.71. The van der Waals surface area contributed by atoms with Crippen molar-refractivity contribution in [2.45, 2.75) is 58.8 Å². The summed E-state index contributed by atoms with van der Waals surface area (Å²) in [7, 11) is 0. The van der Waals surface area contributed by atoms with Crippen molar-refractivity contribution >= 4 is 18.0 Å². The summed E-state index contributed by atoms with van der Waals surface area (Å²) >= 11 is 0. The van der Waals surface area contributed by atoms with E-state index >= 15 is 0 Å². The molecule has 2 aliphatic rings. The molecule has 0 radical (unpaired) electrons. The lowest BCUT2D eigenvalue weighted by Gasteiger charge is -2.31. The molecule has 0 atom stereocenters. The summed E-state index contributed by atoms with van der Waals surface area (Å²) in [5.41, 5.74) is 2.44. The molecule has 156 valence electrons. The zero-order chi connectivity index (χ0) is 20.7. The Morgan fingerprint density at radius 2 is 1.86 bits per heavy atom. The maximum Gasteiger partial charge on any atom is 0.330 e. The fourth-order valence-electron chi connectivity index (χ4n) is 4.34. The number of carbonyl (C=O) groups excluding carboxylic acids is 2. The molecule has 1 fully saturated rings. The summed E-state index contributed by atoms with van der Waals surface area (Å²) in [5, 5.41) is 0. The van der Waals surface area contributed by atoms with E-state index in [1.165, 1.54) is 57.1 Å². The second-order valence-corrected chi connectivity index (χ2v) is 7.90. The van der Waals surface area contributed by atoms with E-state index in [-0.39, 0.29) is 0 Å². The van der Waals surface area contributed by atoms with Crippen LogP contribution in [0, 0.1) is 5.41 Å². The molecule has 3 rings (SSSR count). The third-order valence-electron chi connectivity index (χ3n) is 5.62. The van der Waals surface area contributed by atoms with Gasteiger partial charge in [0.15, 0.2) is 11.5 Å². The molecule has 1 spiro atoms. The number of ether oxygens (including phenoxy) is 3. The fraction of sp³-hybridized carbons (Fsp3) is 0.500. The van der Waals surface area contributed by atoms with Gasteiger partial charge in [-0.1, -0.05) is 25.0 Å².